The molecule has 5 nitrogen and oxygen atoms in total. The van der Waals surface area contributed by atoms with E-state index in [1.54, 1.807) is 24.4 Å². The van der Waals surface area contributed by atoms with Gasteiger partial charge in [0.15, 0.2) is 9.84 Å². The van der Waals surface area contributed by atoms with Gasteiger partial charge in [0.1, 0.15) is 5.83 Å². The fourth-order valence-electron chi connectivity index (χ4n) is 3.21. The van der Waals surface area contributed by atoms with E-state index >= 15 is 0 Å². The van der Waals surface area contributed by atoms with Crippen LogP contribution in [0.15, 0.2) is 53.3 Å². The smallest absolute Gasteiger partial charge is 0.175 e. The number of benzene rings is 1. The molecule has 0 amide bonds. The van der Waals surface area contributed by atoms with Crippen molar-refractivity contribution < 1.29 is 12.8 Å². The zero-order chi connectivity index (χ0) is 20.5. The third-order valence-electron chi connectivity index (χ3n) is 4.67. The summed E-state index contributed by atoms with van der Waals surface area (Å²) in [5.41, 5.74) is 9.56. The average Bonchev–Trinajstić information content (AvgIpc) is 2.88. The lowest BCUT2D eigenvalue weighted by molar-refractivity contribution is 0.554. The molecule has 28 heavy (non-hydrogen) atoms. The van der Waals surface area contributed by atoms with E-state index in [1.165, 1.54) is 12.1 Å². The molecule has 0 aliphatic rings. The molecule has 0 bridgehead atoms. The molecule has 3 rings (SSSR count). The van der Waals surface area contributed by atoms with Crippen LogP contribution in [0.1, 0.15) is 16.8 Å². The van der Waals surface area contributed by atoms with E-state index in [-0.39, 0.29) is 23.8 Å². The quantitative estimate of drug-likeness (QED) is 0.656. The maximum atomic E-state index is 14.1. The van der Waals surface area contributed by atoms with E-state index in [1.807, 2.05) is 17.6 Å². The van der Waals surface area contributed by atoms with Gasteiger partial charge >= 0.3 is 0 Å². The summed E-state index contributed by atoms with van der Waals surface area (Å²) in [5.74, 6) is -0.312. The molecule has 148 valence electrons. The highest BCUT2D eigenvalue weighted by molar-refractivity contribution is 7.90. The van der Waals surface area contributed by atoms with Crippen LogP contribution in [-0.2, 0) is 22.8 Å². The summed E-state index contributed by atoms with van der Waals surface area (Å²) in [6.07, 6.45) is 4.64. The van der Waals surface area contributed by atoms with E-state index < -0.39 is 9.84 Å². The third-order valence-corrected chi connectivity index (χ3v) is 6.14. The van der Waals surface area contributed by atoms with E-state index in [4.69, 9.17) is 17.3 Å². The maximum Gasteiger partial charge on any atom is 0.175 e. The van der Waals surface area contributed by atoms with Crippen LogP contribution < -0.4 is 5.73 Å². The van der Waals surface area contributed by atoms with Crippen LogP contribution in [0.3, 0.4) is 0 Å². The first-order chi connectivity index (χ1) is 13.2. The van der Waals surface area contributed by atoms with Crippen molar-refractivity contribution in [3.63, 3.8) is 0 Å². The maximum absolute atomic E-state index is 14.1. The van der Waals surface area contributed by atoms with Gasteiger partial charge in [0, 0.05) is 41.7 Å². The molecule has 0 aliphatic heterocycles. The van der Waals surface area contributed by atoms with Crippen molar-refractivity contribution >= 4 is 32.5 Å². The SMILES string of the molecule is Cc1c(Cc2ccc(S(C)(=O)=O)cc2Cl)c2ncccc2n1C/C(F)=C/CN. The number of sulfone groups is 1. The Balaban J connectivity index is 2.07. The molecule has 1 aromatic carbocycles. The van der Waals surface area contributed by atoms with Gasteiger partial charge in [0.2, 0.25) is 0 Å². The summed E-state index contributed by atoms with van der Waals surface area (Å²) in [7, 11) is -3.33. The average molecular weight is 422 g/mol. The van der Waals surface area contributed by atoms with Crippen LogP contribution >= 0.6 is 11.6 Å². The number of aromatic nitrogens is 2. The molecule has 0 spiro atoms. The number of rotatable bonds is 6. The summed E-state index contributed by atoms with van der Waals surface area (Å²) < 4.78 is 39.4. The highest BCUT2D eigenvalue weighted by atomic mass is 35.5. The predicted octanol–water partition coefficient (Wildman–Crippen LogP) is 3.80. The summed E-state index contributed by atoms with van der Waals surface area (Å²) in [4.78, 5) is 4.65. The molecule has 0 atom stereocenters. The molecule has 0 fully saturated rings. The third kappa shape index (κ3) is 4.11. The zero-order valence-corrected chi connectivity index (χ0v) is 17.2. The topological polar surface area (TPSA) is 78.0 Å². The summed E-state index contributed by atoms with van der Waals surface area (Å²) in [6.45, 7) is 2.12. The van der Waals surface area contributed by atoms with Gasteiger partial charge in [-0.2, -0.15) is 0 Å². The second-order valence-corrected chi connectivity index (χ2v) is 9.03. The van der Waals surface area contributed by atoms with E-state index in [0.717, 1.165) is 34.1 Å². The normalized spacial score (nSPS) is 12.7. The summed E-state index contributed by atoms with van der Waals surface area (Å²) in [6, 6.07) is 8.41. The number of nitrogens with zero attached hydrogens (tertiary/aromatic N) is 2. The van der Waals surface area contributed by atoms with Crippen LogP contribution in [0.25, 0.3) is 11.0 Å². The minimum absolute atomic E-state index is 0.0754. The number of allylic oxidation sites excluding steroid dienone is 1. The summed E-state index contributed by atoms with van der Waals surface area (Å²) in [5, 5.41) is 0.369. The highest BCUT2D eigenvalue weighted by Crippen LogP contribution is 2.30. The second-order valence-electron chi connectivity index (χ2n) is 6.61. The van der Waals surface area contributed by atoms with Crippen molar-refractivity contribution in [2.24, 2.45) is 5.73 Å². The Bertz CT molecular complexity index is 1170. The minimum Gasteiger partial charge on any atom is -0.336 e. The number of fused-ring (bicyclic) bond motifs is 1. The van der Waals surface area contributed by atoms with Crippen molar-refractivity contribution in [3.8, 4) is 0 Å². The molecule has 0 unspecified atom stereocenters. The number of pyridine rings is 1. The Hall–Kier alpha value is -2.22. The van der Waals surface area contributed by atoms with Crippen LogP contribution in [0.2, 0.25) is 5.02 Å². The van der Waals surface area contributed by atoms with Gasteiger partial charge in [-0.3, -0.25) is 4.98 Å². The van der Waals surface area contributed by atoms with Crippen molar-refractivity contribution in [1.29, 1.82) is 0 Å². The number of hydrogen-bond acceptors (Lipinski definition) is 4. The first kappa shape index (κ1) is 20.5. The van der Waals surface area contributed by atoms with E-state index in [9.17, 15) is 12.8 Å². The van der Waals surface area contributed by atoms with Crippen molar-refractivity contribution in [1.82, 2.24) is 9.55 Å². The molecular weight excluding hydrogens is 401 g/mol. The Morgan fingerprint density at radius 2 is 2.11 bits per heavy atom. The van der Waals surface area contributed by atoms with Crippen LogP contribution in [-0.4, -0.2) is 30.8 Å². The number of halogens is 2. The van der Waals surface area contributed by atoms with Crippen LogP contribution in [0.4, 0.5) is 4.39 Å². The van der Waals surface area contributed by atoms with Crippen LogP contribution in [0.5, 0.6) is 0 Å². The fraction of sp³-hybridized carbons (Fsp3) is 0.250. The van der Waals surface area contributed by atoms with Crippen molar-refractivity contribution in [2.75, 3.05) is 12.8 Å². The number of nitrogens with two attached hydrogens (primary N) is 1. The molecule has 0 aliphatic carbocycles. The molecule has 0 saturated heterocycles. The largest absolute Gasteiger partial charge is 0.336 e. The van der Waals surface area contributed by atoms with Gasteiger partial charge in [-0.25, -0.2) is 12.8 Å². The lowest BCUT2D eigenvalue weighted by Crippen LogP contribution is -2.04. The second kappa shape index (κ2) is 8.03. The van der Waals surface area contributed by atoms with Crippen molar-refractivity contribution in [3.05, 3.63) is 70.3 Å². The zero-order valence-electron chi connectivity index (χ0n) is 15.6. The molecule has 2 N–H and O–H groups in total. The molecule has 3 aromatic rings. The standard InChI is InChI=1S/C20H21ClFN3O2S/c1-13-17(10-14-5-6-16(11-18(14)21)28(2,26)27)20-19(4-3-9-24-20)25(13)12-15(22)7-8-23/h3-7,9,11H,8,10,12,23H2,1-2H3/b15-7-. The molecular formula is C20H21ClFN3O2S. The lowest BCUT2D eigenvalue weighted by atomic mass is 10.0. The molecule has 2 aromatic heterocycles. The highest BCUT2D eigenvalue weighted by Gasteiger charge is 2.18. The molecule has 8 heteroatoms. The van der Waals surface area contributed by atoms with Gasteiger partial charge in [0.25, 0.3) is 0 Å². The predicted molar refractivity (Wildman–Crippen MR) is 110 cm³/mol. The Morgan fingerprint density at radius 3 is 2.75 bits per heavy atom. The fourth-order valence-corrected chi connectivity index (χ4v) is 4.17. The monoisotopic (exact) mass is 421 g/mol. The van der Waals surface area contributed by atoms with E-state index in [2.05, 4.69) is 4.98 Å². The van der Waals surface area contributed by atoms with Gasteiger partial charge in [0.05, 0.1) is 22.5 Å². The first-order valence-electron chi connectivity index (χ1n) is 8.68. The number of hydrogen-bond donors (Lipinski definition) is 1. The van der Waals surface area contributed by atoms with E-state index in [0.29, 0.717) is 11.4 Å². The van der Waals surface area contributed by atoms with Gasteiger partial charge in [-0.15, -0.1) is 0 Å². The summed E-state index contributed by atoms with van der Waals surface area (Å²) >= 11 is 6.35. The Morgan fingerprint density at radius 1 is 1.36 bits per heavy atom. The Labute approximate surface area is 168 Å². The first-order valence-corrected chi connectivity index (χ1v) is 10.9. The molecule has 0 saturated carbocycles. The minimum atomic E-state index is -3.33. The van der Waals surface area contributed by atoms with Crippen LogP contribution in [0, 0.1) is 6.92 Å². The molecule has 2 heterocycles. The lowest BCUT2D eigenvalue weighted by Gasteiger charge is -2.09. The molecule has 0 radical (unpaired) electrons. The Kier molecular flexibility index (Phi) is 5.88. The van der Waals surface area contributed by atoms with Gasteiger partial charge in [-0.05, 0) is 42.8 Å². The van der Waals surface area contributed by atoms with Gasteiger partial charge in [-0.1, -0.05) is 17.7 Å². The van der Waals surface area contributed by atoms with Gasteiger partial charge < -0.3 is 10.3 Å². The van der Waals surface area contributed by atoms with Crippen molar-refractivity contribution in [2.45, 2.75) is 24.8 Å².